The predicted octanol–water partition coefficient (Wildman–Crippen LogP) is -2.19. The van der Waals surface area contributed by atoms with Gasteiger partial charge in [-0.3, -0.25) is 14.4 Å². The maximum atomic E-state index is 12.6. The topological polar surface area (TPSA) is 100 Å². The standard InChI is InChI=1S/C16H23N5O3/c1-20-8-3-5-13(20)16(24)21-9-7-17-12(10-21)15(23)19-11-4-2-6-18-14(11)22/h3,5,8,11-12,17H,2,4,6-7,9-10H2,1H3,(H,18,22)(H,19,23)/p+1/t11-,12-/m0/s1. The molecule has 8 nitrogen and oxygen atoms in total. The molecule has 0 bridgehead atoms. The van der Waals surface area contributed by atoms with Gasteiger partial charge in [0.05, 0.1) is 19.6 Å². The third-order valence-corrected chi connectivity index (χ3v) is 4.66. The molecule has 4 N–H and O–H groups in total. The number of nitrogens with zero attached hydrogens (tertiary/aromatic N) is 2. The number of quaternary nitrogens is 1. The van der Waals surface area contributed by atoms with Crippen molar-refractivity contribution >= 4 is 17.7 Å². The van der Waals surface area contributed by atoms with Crippen LogP contribution in [0, 0.1) is 0 Å². The quantitative estimate of drug-likeness (QED) is 0.585. The number of aromatic nitrogens is 1. The Kier molecular flexibility index (Phi) is 4.84. The first kappa shape index (κ1) is 16.5. The highest BCUT2D eigenvalue weighted by Crippen LogP contribution is 2.08. The van der Waals surface area contributed by atoms with Crippen molar-refractivity contribution in [2.45, 2.75) is 24.9 Å². The van der Waals surface area contributed by atoms with Gasteiger partial charge in [0.15, 0.2) is 6.04 Å². The van der Waals surface area contributed by atoms with Gasteiger partial charge < -0.3 is 25.4 Å². The van der Waals surface area contributed by atoms with E-state index in [4.69, 9.17) is 0 Å². The zero-order chi connectivity index (χ0) is 17.1. The fraction of sp³-hybridized carbons (Fsp3) is 0.562. The molecule has 2 aliphatic rings. The molecule has 0 aliphatic carbocycles. The molecule has 2 aliphatic heterocycles. The molecule has 0 spiro atoms. The van der Waals surface area contributed by atoms with Gasteiger partial charge in [-0.15, -0.1) is 0 Å². The van der Waals surface area contributed by atoms with Gasteiger partial charge in [-0.25, -0.2) is 0 Å². The molecule has 3 rings (SSSR count). The molecular formula is C16H24N5O3+. The molecule has 1 aromatic rings. The van der Waals surface area contributed by atoms with Crippen LogP contribution in [-0.4, -0.2) is 65.5 Å². The summed E-state index contributed by atoms with van der Waals surface area (Å²) in [6.45, 7) is 2.30. The Balaban J connectivity index is 1.60. The van der Waals surface area contributed by atoms with E-state index in [1.807, 2.05) is 24.6 Å². The lowest BCUT2D eigenvalue weighted by molar-refractivity contribution is -0.684. The third-order valence-electron chi connectivity index (χ3n) is 4.66. The molecule has 2 atom stereocenters. The Hall–Kier alpha value is -2.35. The molecule has 0 saturated carbocycles. The van der Waals surface area contributed by atoms with E-state index < -0.39 is 6.04 Å². The molecule has 2 saturated heterocycles. The molecule has 8 heteroatoms. The number of aryl methyl sites for hydroxylation is 1. The van der Waals surface area contributed by atoms with Crippen LogP contribution in [-0.2, 0) is 16.6 Å². The Morgan fingerprint density at radius 1 is 1.42 bits per heavy atom. The molecule has 0 aromatic carbocycles. The number of piperazine rings is 1. The van der Waals surface area contributed by atoms with Crippen LogP contribution in [0.15, 0.2) is 18.3 Å². The van der Waals surface area contributed by atoms with Crippen LogP contribution in [0.2, 0.25) is 0 Å². The van der Waals surface area contributed by atoms with E-state index in [1.54, 1.807) is 15.5 Å². The van der Waals surface area contributed by atoms with Crippen molar-refractivity contribution in [2.24, 2.45) is 7.05 Å². The molecule has 3 amide bonds. The van der Waals surface area contributed by atoms with E-state index in [0.717, 1.165) is 6.42 Å². The van der Waals surface area contributed by atoms with E-state index >= 15 is 0 Å². The van der Waals surface area contributed by atoms with Gasteiger partial charge in [0.2, 0.25) is 5.91 Å². The summed E-state index contributed by atoms with van der Waals surface area (Å²) >= 11 is 0. The first-order valence-corrected chi connectivity index (χ1v) is 8.38. The highest BCUT2D eigenvalue weighted by Gasteiger charge is 2.34. The zero-order valence-corrected chi connectivity index (χ0v) is 13.8. The van der Waals surface area contributed by atoms with E-state index in [0.29, 0.717) is 38.3 Å². The minimum Gasteiger partial charge on any atom is -0.354 e. The van der Waals surface area contributed by atoms with Crippen LogP contribution >= 0.6 is 0 Å². The average Bonchev–Trinajstić information content (AvgIpc) is 3.02. The zero-order valence-electron chi connectivity index (χ0n) is 13.8. The highest BCUT2D eigenvalue weighted by atomic mass is 16.2. The minimum atomic E-state index is -0.460. The third kappa shape index (κ3) is 3.43. The number of nitrogens with two attached hydrogens (primary N) is 1. The molecular weight excluding hydrogens is 310 g/mol. The van der Waals surface area contributed by atoms with Gasteiger partial charge in [-0.1, -0.05) is 0 Å². The van der Waals surface area contributed by atoms with Crippen molar-refractivity contribution in [3.8, 4) is 0 Å². The van der Waals surface area contributed by atoms with Gasteiger partial charge in [0, 0.05) is 19.8 Å². The minimum absolute atomic E-state index is 0.0659. The first-order valence-electron chi connectivity index (χ1n) is 8.38. The van der Waals surface area contributed by atoms with Gasteiger partial charge in [0.1, 0.15) is 11.7 Å². The van der Waals surface area contributed by atoms with Gasteiger partial charge in [-0.05, 0) is 25.0 Å². The van der Waals surface area contributed by atoms with Gasteiger partial charge in [0.25, 0.3) is 11.8 Å². The van der Waals surface area contributed by atoms with Crippen molar-refractivity contribution in [3.05, 3.63) is 24.0 Å². The summed E-state index contributed by atoms with van der Waals surface area (Å²) in [4.78, 5) is 38.5. The lowest BCUT2D eigenvalue weighted by atomic mass is 10.1. The summed E-state index contributed by atoms with van der Waals surface area (Å²) in [5, 5.41) is 7.51. The summed E-state index contributed by atoms with van der Waals surface area (Å²) < 4.78 is 1.78. The monoisotopic (exact) mass is 334 g/mol. The number of hydrogen-bond donors (Lipinski definition) is 3. The Labute approximate surface area is 140 Å². The Morgan fingerprint density at radius 3 is 2.96 bits per heavy atom. The Morgan fingerprint density at radius 2 is 2.25 bits per heavy atom. The average molecular weight is 334 g/mol. The number of piperidine rings is 1. The van der Waals surface area contributed by atoms with Crippen LogP contribution < -0.4 is 16.0 Å². The molecule has 0 unspecified atom stereocenters. The molecule has 0 radical (unpaired) electrons. The van der Waals surface area contributed by atoms with Crippen molar-refractivity contribution in [3.63, 3.8) is 0 Å². The van der Waals surface area contributed by atoms with E-state index in [1.165, 1.54) is 0 Å². The SMILES string of the molecule is Cn1cccc1C(=O)N1CC[NH2+][C@H](C(=O)N[C@H]2CCCNC2=O)C1. The maximum Gasteiger partial charge on any atom is 0.280 e. The molecule has 2 fully saturated rings. The summed E-state index contributed by atoms with van der Waals surface area (Å²) in [6.07, 6.45) is 3.36. The van der Waals surface area contributed by atoms with E-state index in [2.05, 4.69) is 10.6 Å². The smallest absolute Gasteiger partial charge is 0.280 e. The molecule has 24 heavy (non-hydrogen) atoms. The van der Waals surface area contributed by atoms with Crippen LogP contribution in [0.25, 0.3) is 0 Å². The summed E-state index contributed by atoms with van der Waals surface area (Å²) in [7, 11) is 1.83. The number of amides is 3. The molecule has 130 valence electrons. The van der Waals surface area contributed by atoms with Crippen LogP contribution in [0.3, 0.4) is 0 Å². The highest BCUT2D eigenvalue weighted by molar-refractivity contribution is 5.94. The summed E-state index contributed by atoms with van der Waals surface area (Å²) in [6, 6.07) is 2.77. The number of carbonyl (C=O) groups excluding carboxylic acids is 3. The summed E-state index contributed by atoms with van der Waals surface area (Å²) in [5.74, 6) is -0.368. The molecule has 3 heterocycles. The van der Waals surface area contributed by atoms with E-state index in [-0.39, 0.29) is 23.8 Å². The maximum absolute atomic E-state index is 12.6. The van der Waals surface area contributed by atoms with Crippen LogP contribution in [0.4, 0.5) is 0 Å². The predicted molar refractivity (Wildman–Crippen MR) is 86.1 cm³/mol. The van der Waals surface area contributed by atoms with Crippen molar-refractivity contribution in [1.29, 1.82) is 0 Å². The fourth-order valence-electron chi connectivity index (χ4n) is 3.24. The fourth-order valence-corrected chi connectivity index (χ4v) is 3.24. The van der Waals surface area contributed by atoms with Gasteiger partial charge in [-0.2, -0.15) is 0 Å². The van der Waals surface area contributed by atoms with Crippen LogP contribution in [0.1, 0.15) is 23.3 Å². The van der Waals surface area contributed by atoms with Crippen LogP contribution in [0.5, 0.6) is 0 Å². The summed E-state index contributed by atoms with van der Waals surface area (Å²) in [5.41, 5.74) is 0.614. The lowest BCUT2D eigenvalue weighted by Crippen LogP contribution is -2.98. The number of rotatable bonds is 3. The Bertz CT molecular complexity index is 641. The van der Waals surface area contributed by atoms with Gasteiger partial charge >= 0.3 is 0 Å². The first-order chi connectivity index (χ1) is 11.6. The molecule has 1 aromatic heterocycles. The van der Waals surface area contributed by atoms with Crippen molar-refractivity contribution < 1.29 is 19.7 Å². The van der Waals surface area contributed by atoms with Crippen molar-refractivity contribution in [1.82, 2.24) is 20.1 Å². The number of hydrogen-bond acceptors (Lipinski definition) is 3. The number of carbonyl (C=O) groups is 3. The second kappa shape index (κ2) is 7.04. The number of nitrogens with one attached hydrogen (secondary N) is 2. The normalized spacial score (nSPS) is 24.4. The van der Waals surface area contributed by atoms with E-state index in [9.17, 15) is 14.4 Å². The lowest BCUT2D eigenvalue weighted by Gasteiger charge is -2.31. The second-order valence-electron chi connectivity index (χ2n) is 6.38. The van der Waals surface area contributed by atoms with Crippen molar-refractivity contribution in [2.75, 3.05) is 26.2 Å². The largest absolute Gasteiger partial charge is 0.354 e. The second-order valence-corrected chi connectivity index (χ2v) is 6.38.